The van der Waals surface area contributed by atoms with Gasteiger partial charge in [0.25, 0.3) is 0 Å². The first kappa shape index (κ1) is 13.1. The molecule has 20 heavy (non-hydrogen) atoms. The molecule has 0 spiro atoms. The fourth-order valence-corrected chi connectivity index (χ4v) is 2.57. The molecule has 106 valence electrons. The number of rotatable bonds is 4. The lowest BCUT2D eigenvalue weighted by atomic mass is 10.1. The molecule has 0 unspecified atom stereocenters. The van der Waals surface area contributed by atoms with Crippen LogP contribution in [0, 0.1) is 20.8 Å². The van der Waals surface area contributed by atoms with Gasteiger partial charge in [-0.2, -0.15) is 5.10 Å². The minimum atomic E-state index is 0.142. The van der Waals surface area contributed by atoms with E-state index in [1.165, 1.54) is 0 Å². The second-order valence-electron chi connectivity index (χ2n) is 5.66. The molecular weight excluding hydrogens is 252 g/mol. The van der Waals surface area contributed by atoms with Crippen LogP contribution in [0.4, 0.5) is 0 Å². The molecule has 1 saturated carbocycles. The van der Waals surface area contributed by atoms with Crippen LogP contribution in [0.5, 0.6) is 0 Å². The molecule has 3 rings (SSSR count). The summed E-state index contributed by atoms with van der Waals surface area (Å²) >= 11 is 0. The maximum Gasteiger partial charge on any atom is 0.220 e. The molecule has 1 fully saturated rings. The average Bonchev–Trinajstić information content (AvgIpc) is 3.10. The highest BCUT2D eigenvalue weighted by atomic mass is 16.1. The Bertz CT molecular complexity index is 670. The molecule has 2 aromatic rings. The largest absolute Gasteiger partial charge is 0.353 e. The van der Waals surface area contributed by atoms with Gasteiger partial charge in [-0.3, -0.25) is 4.79 Å². The molecule has 0 aromatic carbocycles. The third-order valence-electron chi connectivity index (χ3n) is 3.83. The molecule has 1 aliphatic rings. The van der Waals surface area contributed by atoms with E-state index in [2.05, 4.69) is 15.4 Å². The smallest absolute Gasteiger partial charge is 0.220 e. The molecule has 1 aliphatic carbocycles. The van der Waals surface area contributed by atoms with Crippen molar-refractivity contribution in [2.24, 2.45) is 0 Å². The first-order valence-electron chi connectivity index (χ1n) is 7.16. The summed E-state index contributed by atoms with van der Waals surface area (Å²) in [7, 11) is 0. The third-order valence-corrected chi connectivity index (χ3v) is 3.83. The van der Waals surface area contributed by atoms with Crippen LogP contribution in [0.15, 0.2) is 6.07 Å². The molecule has 2 heterocycles. The van der Waals surface area contributed by atoms with Gasteiger partial charge in [-0.15, -0.1) is 0 Å². The molecule has 0 radical (unpaired) electrons. The van der Waals surface area contributed by atoms with Crippen LogP contribution in [0.1, 0.15) is 41.9 Å². The van der Waals surface area contributed by atoms with E-state index < -0.39 is 0 Å². The number of hydrogen-bond donors (Lipinski definition) is 1. The SMILES string of the molecule is Cc1cc2nc(C)c(CCC(=O)NC3CC3)c(C)n2n1. The quantitative estimate of drug-likeness (QED) is 0.924. The van der Waals surface area contributed by atoms with E-state index >= 15 is 0 Å². The van der Waals surface area contributed by atoms with Crippen LogP contribution in [0.2, 0.25) is 0 Å². The van der Waals surface area contributed by atoms with E-state index in [9.17, 15) is 4.79 Å². The number of amides is 1. The third kappa shape index (κ3) is 2.53. The van der Waals surface area contributed by atoms with Crippen LogP contribution in [0.25, 0.3) is 5.65 Å². The van der Waals surface area contributed by atoms with Gasteiger partial charge < -0.3 is 5.32 Å². The monoisotopic (exact) mass is 272 g/mol. The van der Waals surface area contributed by atoms with Crippen molar-refractivity contribution in [2.45, 2.75) is 52.5 Å². The average molecular weight is 272 g/mol. The van der Waals surface area contributed by atoms with Crippen molar-refractivity contribution in [1.82, 2.24) is 19.9 Å². The van der Waals surface area contributed by atoms with E-state index in [0.717, 1.165) is 47.6 Å². The Morgan fingerprint density at radius 1 is 1.40 bits per heavy atom. The highest BCUT2D eigenvalue weighted by molar-refractivity contribution is 5.76. The zero-order chi connectivity index (χ0) is 14.3. The van der Waals surface area contributed by atoms with Gasteiger partial charge in [0.05, 0.1) is 5.69 Å². The van der Waals surface area contributed by atoms with Gasteiger partial charge in [-0.1, -0.05) is 0 Å². The van der Waals surface area contributed by atoms with Crippen LogP contribution < -0.4 is 5.32 Å². The van der Waals surface area contributed by atoms with E-state index in [-0.39, 0.29) is 5.91 Å². The summed E-state index contributed by atoms with van der Waals surface area (Å²) in [6.45, 7) is 6.01. The van der Waals surface area contributed by atoms with Gasteiger partial charge in [-0.25, -0.2) is 9.50 Å². The van der Waals surface area contributed by atoms with Crippen molar-refractivity contribution in [3.05, 3.63) is 28.7 Å². The van der Waals surface area contributed by atoms with Crippen molar-refractivity contribution in [1.29, 1.82) is 0 Å². The molecule has 0 bridgehead atoms. The van der Waals surface area contributed by atoms with Gasteiger partial charge in [0.2, 0.25) is 5.91 Å². The van der Waals surface area contributed by atoms with Crippen LogP contribution in [-0.4, -0.2) is 26.5 Å². The molecule has 0 aliphatic heterocycles. The Hall–Kier alpha value is -1.91. The highest BCUT2D eigenvalue weighted by Crippen LogP contribution is 2.20. The Labute approximate surface area is 118 Å². The molecule has 0 saturated heterocycles. The minimum Gasteiger partial charge on any atom is -0.353 e. The van der Waals surface area contributed by atoms with Crippen molar-refractivity contribution >= 4 is 11.6 Å². The maximum absolute atomic E-state index is 11.8. The number of fused-ring (bicyclic) bond motifs is 1. The number of aryl methyl sites for hydroxylation is 3. The number of carbonyl (C=O) groups excluding carboxylic acids is 1. The molecular formula is C15H20N4O. The highest BCUT2D eigenvalue weighted by Gasteiger charge is 2.23. The first-order chi connectivity index (χ1) is 9.54. The summed E-state index contributed by atoms with van der Waals surface area (Å²) in [4.78, 5) is 16.4. The second kappa shape index (κ2) is 4.89. The van der Waals surface area contributed by atoms with Gasteiger partial charge >= 0.3 is 0 Å². The summed E-state index contributed by atoms with van der Waals surface area (Å²) in [6.07, 6.45) is 3.50. The Morgan fingerprint density at radius 2 is 2.15 bits per heavy atom. The fourth-order valence-electron chi connectivity index (χ4n) is 2.57. The fraction of sp³-hybridized carbons (Fsp3) is 0.533. The second-order valence-corrected chi connectivity index (χ2v) is 5.66. The van der Waals surface area contributed by atoms with Crippen molar-refractivity contribution < 1.29 is 4.79 Å². The van der Waals surface area contributed by atoms with E-state index in [4.69, 9.17) is 0 Å². The molecule has 0 atom stereocenters. The molecule has 5 heteroatoms. The summed E-state index contributed by atoms with van der Waals surface area (Å²) in [6, 6.07) is 2.41. The first-order valence-corrected chi connectivity index (χ1v) is 7.16. The Kier molecular flexibility index (Phi) is 3.20. The van der Waals surface area contributed by atoms with Crippen LogP contribution >= 0.6 is 0 Å². The minimum absolute atomic E-state index is 0.142. The summed E-state index contributed by atoms with van der Waals surface area (Å²) in [5.74, 6) is 0.142. The van der Waals surface area contributed by atoms with Gasteiger partial charge in [-0.05, 0) is 45.6 Å². The maximum atomic E-state index is 11.8. The zero-order valence-electron chi connectivity index (χ0n) is 12.2. The number of aromatic nitrogens is 3. The Balaban J connectivity index is 1.80. The van der Waals surface area contributed by atoms with Gasteiger partial charge in [0.1, 0.15) is 0 Å². The number of nitrogens with zero attached hydrogens (tertiary/aromatic N) is 3. The van der Waals surface area contributed by atoms with Crippen molar-refractivity contribution in [3.8, 4) is 0 Å². The number of hydrogen-bond acceptors (Lipinski definition) is 3. The lowest BCUT2D eigenvalue weighted by Gasteiger charge is -2.11. The lowest BCUT2D eigenvalue weighted by molar-refractivity contribution is -0.121. The molecule has 1 amide bonds. The predicted octanol–water partition coefficient (Wildman–Crippen LogP) is 1.87. The Morgan fingerprint density at radius 3 is 2.85 bits per heavy atom. The van der Waals surface area contributed by atoms with Gasteiger partial charge in [0.15, 0.2) is 5.65 Å². The van der Waals surface area contributed by atoms with Crippen molar-refractivity contribution in [2.75, 3.05) is 0 Å². The lowest BCUT2D eigenvalue weighted by Crippen LogP contribution is -2.25. The van der Waals surface area contributed by atoms with Crippen LogP contribution in [-0.2, 0) is 11.2 Å². The summed E-state index contributed by atoms with van der Waals surface area (Å²) in [5, 5.41) is 7.48. The molecule has 2 aromatic heterocycles. The molecule has 1 N–H and O–H groups in total. The summed E-state index contributed by atoms with van der Waals surface area (Å²) < 4.78 is 1.87. The normalized spacial score (nSPS) is 14.8. The standard InChI is InChI=1S/C15H20N4O/c1-9-8-14-16-10(2)13(11(3)19(14)18-9)6-7-15(20)17-12-4-5-12/h8,12H,4-7H2,1-3H3,(H,17,20). The number of carbonyl (C=O) groups is 1. The summed E-state index contributed by atoms with van der Waals surface area (Å²) in [5.41, 5.74) is 5.05. The topological polar surface area (TPSA) is 59.3 Å². The zero-order valence-corrected chi connectivity index (χ0v) is 12.2. The van der Waals surface area contributed by atoms with Crippen molar-refractivity contribution in [3.63, 3.8) is 0 Å². The predicted molar refractivity (Wildman–Crippen MR) is 76.7 cm³/mol. The van der Waals surface area contributed by atoms with E-state index in [1.54, 1.807) is 0 Å². The van der Waals surface area contributed by atoms with Crippen LogP contribution in [0.3, 0.4) is 0 Å². The van der Waals surface area contributed by atoms with Gasteiger partial charge in [0, 0.05) is 29.9 Å². The number of nitrogens with one attached hydrogen (secondary N) is 1. The molecule has 5 nitrogen and oxygen atoms in total. The van der Waals surface area contributed by atoms with E-state index in [0.29, 0.717) is 12.5 Å². The van der Waals surface area contributed by atoms with E-state index in [1.807, 2.05) is 31.4 Å².